The normalized spacial score (nSPS) is 17.2. The van der Waals surface area contributed by atoms with Crippen molar-refractivity contribution in [1.82, 2.24) is 4.90 Å². The van der Waals surface area contributed by atoms with E-state index in [0.717, 1.165) is 61.2 Å². The maximum Gasteiger partial charge on any atom is 0.313 e. The molecular formula is C33H41NO4. The van der Waals surface area contributed by atoms with E-state index in [1.807, 2.05) is 72.8 Å². The smallest absolute Gasteiger partial charge is 0.313 e. The van der Waals surface area contributed by atoms with Crippen molar-refractivity contribution < 1.29 is 20.1 Å². The highest BCUT2D eigenvalue weighted by atomic mass is 16.4. The first-order chi connectivity index (χ1) is 18.1. The number of hydrogen-bond donors (Lipinski definition) is 3. The highest BCUT2D eigenvalue weighted by Gasteiger charge is 2.50. The van der Waals surface area contributed by atoms with Gasteiger partial charge < -0.3 is 20.2 Å². The highest BCUT2D eigenvalue weighted by molar-refractivity contribution is 5.80. The largest absolute Gasteiger partial charge is 0.481 e. The van der Waals surface area contributed by atoms with E-state index >= 15 is 0 Å². The average Bonchev–Trinajstić information content (AvgIpc) is 2.94. The highest BCUT2D eigenvalue weighted by Crippen LogP contribution is 2.51. The van der Waals surface area contributed by atoms with Crippen molar-refractivity contribution in [2.45, 2.75) is 63.6 Å². The molecule has 4 rings (SSSR count). The van der Waals surface area contributed by atoms with Gasteiger partial charge in [0.2, 0.25) is 0 Å². The van der Waals surface area contributed by atoms with Crippen LogP contribution in [0.1, 0.15) is 74.8 Å². The van der Waals surface area contributed by atoms with Crippen LogP contribution in [-0.4, -0.2) is 45.8 Å². The van der Waals surface area contributed by atoms with Crippen LogP contribution in [-0.2, 0) is 15.8 Å². The van der Waals surface area contributed by atoms with Crippen molar-refractivity contribution in [2.24, 2.45) is 5.41 Å². The van der Waals surface area contributed by atoms with Crippen molar-refractivity contribution in [3.63, 3.8) is 0 Å². The van der Waals surface area contributed by atoms with Crippen LogP contribution in [0.25, 0.3) is 0 Å². The summed E-state index contributed by atoms with van der Waals surface area (Å²) in [5.74, 6) is -0.866. The van der Waals surface area contributed by atoms with Crippen LogP contribution >= 0.6 is 0 Å². The Bertz CT molecular complexity index is 1140. The molecule has 0 amide bonds. The number of rotatable bonds is 10. The summed E-state index contributed by atoms with van der Waals surface area (Å²) in [5, 5.41) is 32.5. The third kappa shape index (κ3) is 5.56. The molecule has 38 heavy (non-hydrogen) atoms. The molecule has 1 aliphatic heterocycles. The number of piperidine rings is 1. The number of aliphatic hydroxyl groups excluding tert-OH is 1. The van der Waals surface area contributed by atoms with Gasteiger partial charge in [-0.25, -0.2) is 0 Å². The van der Waals surface area contributed by atoms with Crippen LogP contribution < -0.4 is 0 Å². The lowest BCUT2D eigenvalue weighted by Gasteiger charge is -2.50. The zero-order valence-electron chi connectivity index (χ0n) is 22.8. The van der Waals surface area contributed by atoms with Gasteiger partial charge in [-0.1, -0.05) is 91.9 Å². The summed E-state index contributed by atoms with van der Waals surface area (Å²) in [4.78, 5) is 13.9. The molecule has 1 fully saturated rings. The molecule has 0 radical (unpaired) electrons. The molecule has 1 saturated heterocycles. The molecule has 202 valence electrons. The predicted octanol–water partition coefficient (Wildman–Crippen LogP) is 5.90. The summed E-state index contributed by atoms with van der Waals surface area (Å²) in [5.41, 5.74) is 1.07. The van der Waals surface area contributed by atoms with E-state index in [1.165, 1.54) is 0 Å². The second-order valence-corrected chi connectivity index (χ2v) is 11.6. The first-order valence-electron chi connectivity index (χ1n) is 13.7. The number of likely N-dealkylation sites (tertiary alicyclic amines) is 1. The zero-order chi connectivity index (χ0) is 27.4. The van der Waals surface area contributed by atoms with E-state index in [2.05, 4.69) is 11.8 Å². The molecule has 3 N–H and O–H groups in total. The lowest BCUT2D eigenvalue weighted by atomic mass is 9.61. The van der Waals surface area contributed by atoms with Gasteiger partial charge in [-0.3, -0.25) is 4.79 Å². The average molecular weight is 516 g/mol. The quantitative estimate of drug-likeness (QED) is 0.313. The maximum atomic E-state index is 12.3. The van der Waals surface area contributed by atoms with Crippen molar-refractivity contribution in [3.05, 3.63) is 107 Å². The number of carboxylic acid groups (broad SMARTS) is 1. The molecule has 0 bridgehead atoms. The van der Waals surface area contributed by atoms with Gasteiger partial charge >= 0.3 is 5.97 Å². The third-order valence-electron chi connectivity index (χ3n) is 8.72. The first-order valence-corrected chi connectivity index (χ1v) is 13.7. The molecule has 0 aliphatic carbocycles. The van der Waals surface area contributed by atoms with Crippen molar-refractivity contribution in [3.8, 4) is 0 Å². The molecule has 5 heteroatoms. The molecule has 1 heterocycles. The molecule has 0 aromatic heterocycles. The maximum absolute atomic E-state index is 12.3. The third-order valence-corrected chi connectivity index (χ3v) is 8.72. The molecule has 1 aliphatic rings. The van der Waals surface area contributed by atoms with E-state index in [4.69, 9.17) is 0 Å². The second-order valence-electron chi connectivity index (χ2n) is 11.6. The van der Waals surface area contributed by atoms with Gasteiger partial charge in [-0.15, -0.1) is 0 Å². The summed E-state index contributed by atoms with van der Waals surface area (Å²) in [7, 11) is 0. The molecule has 0 saturated carbocycles. The molecule has 0 spiro atoms. The number of nitrogens with zero attached hydrogens (tertiary/aromatic N) is 1. The number of benzene rings is 3. The topological polar surface area (TPSA) is 81.0 Å². The Morgan fingerprint density at radius 3 is 1.84 bits per heavy atom. The molecule has 3 aromatic carbocycles. The van der Waals surface area contributed by atoms with E-state index in [9.17, 15) is 20.1 Å². The standard InChI is InChI=1S/C33H41NO4/c1-31(2,30(36)37)26-18-16-25(17-19-26)29(35)15-10-22-34-23-20-32(3,21-24-34)33(38,27-11-6-4-7-12-27)28-13-8-5-9-14-28/h4-9,11-14,16-19,29,35,38H,10,15,20-24H2,1-3H3,(H,36,37). The van der Waals surface area contributed by atoms with Gasteiger partial charge in [-0.05, 0) is 81.4 Å². The van der Waals surface area contributed by atoms with Gasteiger partial charge in [0.1, 0.15) is 5.60 Å². The lowest BCUT2D eigenvalue weighted by molar-refractivity contribution is -0.142. The summed E-state index contributed by atoms with van der Waals surface area (Å²) in [6, 6.07) is 27.3. The van der Waals surface area contributed by atoms with Crippen LogP contribution in [0.15, 0.2) is 84.9 Å². The summed E-state index contributed by atoms with van der Waals surface area (Å²) in [6.07, 6.45) is 2.68. The minimum atomic E-state index is -1.07. The van der Waals surface area contributed by atoms with Crippen molar-refractivity contribution in [2.75, 3.05) is 19.6 Å². The van der Waals surface area contributed by atoms with Gasteiger partial charge in [0.15, 0.2) is 0 Å². The minimum absolute atomic E-state index is 0.308. The van der Waals surface area contributed by atoms with E-state index in [0.29, 0.717) is 6.42 Å². The van der Waals surface area contributed by atoms with Crippen molar-refractivity contribution in [1.29, 1.82) is 0 Å². The Hall–Kier alpha value is -2.99. The minimum Gasteiger partial charge on any atom is -0.481 e. The number of carboxylic acids is 1. The fourth-order valence-electron chi connectivity index (χ4n) is 5.77. The van der Waals surface area contributed by atoms with Crippen LogP contribution in [0.2, 0.25) is 0 Å². The summed E-state index contributed by atoms with van der Waals surface area (Å²) in [6.45, 7) is 8.27. The monoisotopic (exact) mass is 515 g/mol. The Morgan fingerprint density at radius 2 is 1.37 bits per heavy atom. The number of carbonyl (C=O) groups is 1. The summed E-state index contributed by atoms with van der Waals surface area (Å²) < 4.78 is 0. The van der Waals surface area contributed by atoms with Crippen molar-refractivity contribution >= 4 is 5.97 Å². The SMILES string of the molecule is CC(C)(C(=O)O)c1ccc(C(O)CCCN2CCC(C)(C(O)(c3ccccc3)c3ccccc3)CC2)cc1. The van der Waals surface area contributed by atoms with Gasteiger partial charge in [0.05, 0.1) is 11.5 Å². The molecule has 5 nitrogen and oxygen atoms in total. The lowest BCUT2D eigenvalue weighted by Crippen LogP contribution is -2.51. The van der Waals surface area contributed by atoms with E-state index in [-0.39, 0.29) is 5.41 Å². The Morgan fingerprint density at radius 1 is 0.868 bits per heavy atom. The number of aliphatic carboxylic acids is 1. The molecule has 3 aromatic rings. The van der Waals surface area contributed by atoms with Gasteiger partial charge in [-0.2, -0.15) is 0 Å². The number of aliphatic hydroxyl groups is 2. The van der Waals surface area contributed by atoms with Crippen LogP contribution in [0.4, 0.5) is 0 Å². The van der Waals surface area contributed by atoms with E-state index in [1.54, 1.807) is 26.0 Å². The molecular weight excluding hydrogens is 474 g/mol. The van der Waals surface area contributed by atoms with Crippen LogP contribution in [0, 0.1) is 5.41 Å². The van der Waals surface area contributed by atoms with E-state index < -0.39 is 23.1 Å². The molecule has 1 atom stereocenters. The second kappa shape index (κ2) is 11.4. The molecule has 1 unspecified atom stereocenters. The number of hydrogen-bond acceptors (Lipinski definition) is 4. The van der Waals surface area contributed by atoms with Gasteiger partial charge in [0.25, 0.3) is 0 Å². The van der Waals surface area contributed by atoms with Crippen LogP contribution in [0.3, 0.4) is 0 Å². The fraction of sp³-hybridized carbons (Fsp3) is 0.424. The first kappa shape index (κ1) is 28.0. The fourth-order valence-corrected chi connectivity index (χ4v) is 5.77. The van der Waals surface area contributed by atoms with Gasteiger partial charge in [0, 0.05) is 5.41 Å². The Kier molecular flexibility index (Phi) is 8.41. The summed E-state index contributed by atoms with van der Waals surface area (Å²) >= 11 is 0. The zero-order valence-corrected chi connectivity index (χ0v) is 22.8. The Balaban J connectivity index is 1.35. The van der Waals surface area contributed by atoms with Crippen LogP contribution in [0.5, 0.6) is 0 Å². The predicted molar refractivity (Wildman–Crippen MR) is 151 cm³/mol. The Labute approximate surface area is 226 Å².